The molecule has 1 aromatic carbocycles. The first-order valence-corrected chi connectivity index (χ1v) is 10.5. The Morgan fingerprint density at radius 1 is 1.23 bits per heavy atom. The molecule has 1 aromatic rings. The highest BCUT2D eigenvalue weighted by atomic mass is 19.4. The molecule has 1 saturated carbocycles. The molecule has 2 aliphatic rings. The first-order chi connectivity index (χ1) is 14.0. The number of nitrogens with zero attached hydrogens (tertiary/aromatic N) is 1. The molecule has 2 fully saturated rings. The third-order valence-corrected chi connectivity index (χ3v) is 5.99. The first kappa shape index (κ1) is 22.6. The average molecular weight is 426 g/mol. The summed E-state index contributed by atoms with van der Waals surface area (Å²) in [4.78, 5) is 27.6. The van der Waals surface area contributed by atoms with Crippen LogP contribution in [0.4, 0.5) is 13.2 Å². The molecule has 2 amide bonds. The molecule has 1 N–H and O–H groups in total. The van der Waals surface area contributed by atoms with Gasteiger partial charge in [0.2, 0.25) is 5.91 Å². The zero-order chi connectivity index (χ0) is 22.1. The average Bonchev–Trinajstić information content (AvgIpc) is 3.06. The minimum Gasteiger partial charge on any atom is -0.354 e. The van der Waals surface area contributed by atoms with Gasteiger partial charge < -0.3 is 10.1 Å². The summed E-state index contributed by atoms with van der Waals surface area (Å²) in [5.74, 6) is -0.556. The number of amides is 2. The predicted molar refractivity (Wildman–Crippen MR) is 106 cm³/mol. The number of rotatable bonds is 4. The smallest absolute Gasteiger partial charge is 0.354 e. The van der Waals surface area contributed by atoms with E-state index in [2.05, 4.69) is 12.2 Å². The summed E-state index contributed by atoms with van der Waals surface area (Å²) < 4.78 is 46.7. The Morgan fingerprint density at radius 2 is 1.87 bits per heavy atom. The third kappa shape index (κ3) is 4.48. The Kier molecular flexibility index (Phi) is 6.45. The van der Waals surface area contributed by atoms with Crippen molar-refractivity contribution in [1.82, 2.24) is 10.2 Å². The van der Waals surface area contributed by atoms with E-state index < -0.39 is 40.9 Å². The Hall–Kier alpha value is -2.09. The van der Waals surface area contributed by atoms with Crippen molar-refractivity contribution in [2.24, 2.45) is 11.8 Å². The summed E-state index contributed by atoms with van der Waals surface area (Å²) in [5, 5.41) is 2.80. The number of carbonyl (C=O) groups excluding carboxylic acids is 2. The number of ether oxygens (including phenoxy) is 1. The van der Waals surface area contributed by atoms with Crippen LogP contribution < -0.4 is 5.32 Å². The van der Waals surface area contributed by atoms with Gasteiger partial charge in [0.05, 0.1) is 17.7 Å². The molecule has 5 nitrogen and oxygen atoms in total. The van der Waals surface area contributed by atoms with Crippen molar-refractivity contribution < 1.29 is 27.5 Å². The SMILES string of the molecule is CC(C)CNC(=O)[C@H]1COC2(CCC(C)CC2)N1C(=O)c1ccccc1C(F)(F)F. The van der Waals surface area contributed by atoms with Crippen molar-refractivity contribution in [2.75, 3.05) is 13.2 Å². The molecule has 30 heavy (non-hydrogen) atoms. The van der Waals surface area contributed by atoms with E-state index in [1.165, 1.54) is 23.1 Å². The van der Waals surface area contributed by atoms with Crippen LogP contribution in [0.2, 0.25) is 0 Å². The third-order valence-electron chi connectivity index (χ3n) is 5.99. The fraction of sp³-hybridized carbons (Fsp3) is 0.636. The van der Waals surface area contributed by atoms with Gasteiger partial charge in [-0.3, -0.25) is 14.5 Å². The number of benzene rings is 1. The zero-order valence-electron chi connectivity index (χ0n) is 17.6. The van der Waals surface area contributed by atoms with Gasteiger partial charge in [-0.15, -0.1) is 0 Å². The summed E-state index contributed by atoms with van der Waals surface area (Å²) in [6.45, 7) is 6.38. The van der Waals surface area contributed by atoms with E-state index in [1.807, 2.05) is 13.8 Å². The van der Waals surface area contributed by atoms with Gasteiger partial charge in [0.15, 0.2) is 0 Å². The number of hydrogen-bond acceptors (Lipinski definition) is 3. The molecule has 1 heterocycles. The number of carbonyl (C=O) groups is 2. The van der Waals surface area contributed by atoms with Crippen molar-refractivity contribution in [3.63, 3.8) is 0 Å². The summed E-state index contributed by atoms with van der Waals surface area (Å²) in [5.41, 5.74) is -2.49. The molecule has 166 valence electrons. The van der Waals surface area contributed by atoms with Crippen molar-refractivity contribution in [2.45, 2.75) is 64.4 Å². The number of alkyl halides is 3. The maximum atomic E-state index is 13.6. The Morgan fingerprint density at radius 3 is 2.47 bits per heavy atom. The van der Waals surface area contributed by atoms with Crippen LogP contribution >= 0.6 is 0 Å². The van der Waals surface area contributed by atoms with Crippen LogP contribution in [0.5, 0.6) is 0 Å². The van der Waals surface area contributed by atoms with Gasteiger partial charge in [0.25, 0.3) is 5.91 Å². The highest BCUT2D eigenvalue weighted by Gasteiger charge is 2.54. The fourth-order valence-corrected chi connectivity index (χ4v) is 4.25. The fourth-order valence-electron chi connectivity index (χ4n) is 4.25. The lowest BCUT2D eigenvalue weighted by Gasteiger charge is -2.43. The van der Waals surface area contributed by atoms with Gasteiger partial charge >= 0.3 is 6.18 Å². The number of halogens is 3. The molecule has 1 aliphatic carbocycles. The summed E-state index contributed by atoms with van der Waals surface area (Å²) in [7, 11) is 0. The van der Waals surface area contributed by atoms with Crippen LogP contribution in [0.3, 0.4) is 0 Å². The normalized spacial score (nSPS) is 27.0. The molecule has 0 aromatic heterocycles. The highest BCUT2D eigenvalue weighted by molar-refractivity contribution is 5.99. The minimum absolute atomic E-state index is 0.0156. The maximum Gasteiger partial charge on any atom is 0.417 e. The molecule has 0 unspecified atom stereocenters. The van der Waals surface area contributed by atoms with Crippen LogP contribution in [-0.2, 0) is 15.7 Å². The second-order valence-electron chi connectivity index (χ2n) is 8.81. The predicted octanol–water partition coefficient (Wildman–Crippen LogP) is 4.23. The summed E-state index contributed by atoms with van der Waals surface area (Å²) in [6, 6.07) is 3.78. The molecule has 3 rings (SSSR count). The van der Waals surface area contributed by atoms with Crippen LogP contribution in [0, 0.1) is 11.8 Å². The molecular weight excluding hydrogens is 397 g/mol. The van der Waals surface area contributed by atoms with Gasteiger partial charge in [-0.25, -0.2) is 0 Å². The second kappa shape index (κ2) is 8.57. The zero-order valence-corrected chi connectivity index (χ0v) is 17.6. The topological polar surface area (TPSA) is 58.6 Å². The molecular formula is C22H29F3N2O3. The van der Waals surface area contributed by atoms with Crippen molar-refractivity contribution in [1.29, 1.82) is 0 Å². The summed E-state index contributed by atoms with van der Waals surface area (Å²) >= 11 is 0. The Balaban J connectivity index is 1.98. The minimum atomic E-state index is -4.67. The van der Waals surface area contributed by atoms with Crippen LogP contribution in [0.15, 0.2) is 24.3 Å². The van der Waals surface area contributed by atoms with E-state index in [1.54, 1.807) is 0 Å². The van der Waals surface area contributed by atoms with E-state index in [0.29, 0.717) is 25.3 Å². The standard InChI is InChI=1S/C22H29F3N2O3/c1-14(2)12-26-19(28)18-13-30-21(10-8-15(3)9-11-21)27(18)20(29)16-6-4-5-7-17(16)22(23,24)25/h4-7,14-15,18H,8-13H2,1-3H3,(H,26,28)/t15?,18-,21?/m1/s1. The second-order valence-corrected chi connectivity index (χ2v) is 8.81. The molecule has 0 radical (unpaired) electrons. The van der Waals surface area contributed by atoms with Gasteiger partial charge in [-0.05, 0) is 49.7 Å². The molecule has 1 spiro atoms. The van der Waals surface area contributed by atoms with E-state index in [-0.39, 0.29) is 12.5 Å². The monoisotopic (exact) mass is 426 g/mol. The van der Waals surface area contributed by atoms with Gasteiger partial charge in [-0.2, -0.15) is 13.2 Å². The van der Waals surface area contributed by atoms with Crippen molar-refractivity contribution >= 4 is 11.8 Å². The Bertz CT molecular complexity index is 786. The molecule has 1 saturated heterocycles. The first-order valence-electron chi connectivity index (χ1n) is 10.5. The van der Waals surface area contributed by atoms with Crippen LogP contribution in [0.25, 0.3) is 0 Å². The van der Waals surface area contributed by atoms with E-state index >= 15 is 0 Å². The van der Waals surface area contributed by atoms with E-state index in [9.17, 15) is 22.8 Å². The number of nitrogens with one attached hydrogen (secondary N) is 1. The van der Waals surface area contributed by atoms with E-state index in [4.69, 9.17) is 4.74 Å². The van der Waals surface area contributed by atoms with Crippen molar-refractivity contribution in [3.05, 3.63) is 35.4 Å². The van der Waals surface area contributed by atoms with Gasteiger partial charge in [0.1, 0.15) is 11.8 Å². The number of hydrogen-bond donors (Lipinski definition) is 1. The summed E-state index contributed by atoms with van der Waals surface area (Å²) in [6.07, 6.45) is -2.10. The molecule has 0 bridgehead atoms. The van der Waals surface area contributed by atoms with Crippen LogP contribution in [-0.4, -0.2) is 41.6 Å². The lowest BCUT2D eigenvalue weighted by atomic mass is 9.83. The van der Waals surface area contributed by atoms with Crippen molar-refractivity contribution in [3.8, 4) is 0 Å². The Labute approximate surface area is 175 Å². The molecule has 8 heteroatoms. The van der Waals surface area contributed by atoms with E-state index in [0.717, 1.165) is 18.9 Å². The van der Waals surface area contributed by atoms with Gasteiger partial charge in [0, 0.05) is 6.54 Å². The lowest BCUT2D eigenvalue weighted by Crippen LogP contribution is -2.57. The van der Waals surface area contributed by atoms with Crippen LogP contribution in [0.1, 0.15) is 62.4 Å². The largest absolute Gasteiger partial charge is 0.417 e. The quantitative estimate of drug-likeness (QED) is 0.784. The molecule has 1 aliphatic heterocycles. The van der Waals surface area contributed by atoms with Gasteiger partial charge in [-0.1, -0.05) is 32.9 Å². The molecule has 1 atom stereocenters. The lowest BCUT2D eigenvalue weighted by molar-refractivity contribution is -0.138. The highest BCUT2D eigenvalue weighted by Crippen LogP contribution is 2.44. The maximum absolute atomic E-state index is 13.6.